The van der Waals surface area contributed by atoms with Gasteiger partial charge < -0.3 is 24.6 Å². The molecule has 2 saturated heterocycles. The molecule has 4 aliphatic rings. The van der Waals surface area contributed by atoms with Crippen molar-refractivity contribution in [3.63, 3.8) is 0 Å². The maximum atomic E-state index is 13.3. The Morgan fingerprint density at radius 2 is 1.79 bits per heavy atom. The number of morpholine rings is 1. The van der Waals surface area contributed by atoms with E-state index in [-0.39, 0.29) is 12.0 Å². The second-order valence-corrected chi connectivity index (χ2v) is 11.1. The normalized spacial score (nSPS) is 21.3. The topological polar surface area (TPSA) is 71.9 Å². The number of benzene rings is 2. The fourth-order valence-corrected chi connectivity index (χ4v) is 6.31. The molecule has 4 heterocycles. The third kappa shape index (κ3) is 3.98. The fraction of sp³-hybridized carbons (Fsp3) is 0.467. The van der Waals surface area contributed by atoms with Crippen LogP contribution in [0, 0.1) is 0 Å². The van der Waals surface area contributed by atoms with E-state index in [1.165, 1.54) is 0 Å². The van der Waals surface area contributed by atoms with Gasteiger partial charge in [0, 0.05) is 37.8 Å². The molecule has 3 aliphatic heterocycles. The van der Waals surface area contributed by atoms with Crippen molar-refractivity contribution in [3.05, 3.63) is 54.1 Å². The average Bonchev–Trinajstić information content (AvgIpc) is 3.50. The van der Waals surface area contributed by atoms with E-state index in [2.05, 4.69) is 52.5 Å². The van der Waals surface area contributed by atoms with Crippen LogP contribution in [-0.2, 0) is 14.9 Å². The van der Waals surface area contributed by atoms with Crippen molar-refractivity contribution in [1.29, 1.82) is 0 Å². The van der Waals surface area contributed by atoms with Crippen LogP contribution < -0.4 is 15.0 Å². The predicted molar refractivity (Wildman–Crippen MR) is 147 cm³/mol. The molecule has 1 amide bonds. The van der Waals surface area contributed by atoms with Gasteiger partial charge in [0.05, 0.1) is 35.7 Å². The van der Waals surface area contributed by atoms with Gasteiger partial charge in [0.1, 0.15) is 11.9 Å². The zero-order valence-electron chi connectivity index (χ0n) is 22.0. The molecule has 38 heavy (non-hydrogen) atoms. The Morgan fingerprint density at radius 3 is 2.50 bits per heavy atom. The summed E-state index contributed by atoms with van der Waals surface area (Å²) in [6.07, 6.45) is 4.96. The molecule has 1 spiro atoms. The van der Waals surface area contributed by atoms with E-state index in [1.54, 1.807) is 0 Å². The lowest BCUT2D eigenvalue weighted by molar-refractivity contribution is -0.123. The number of anilines is 2. The molecule has 0 bridgehead atoms. The number of carbonyl (C=O) groups excluding carboxylic acids is 1. The summed E-state index contributed by atoms with van der Waals surface area (Å²) in [6.45, 7) is 5.09. The lowest BCUT2D eigenvalue weighted by Gasteiger charge is -2.36. The van der Waals surface area contributed by atoms with Gasteiger partial charge in [0.2, 0.25) is 5.91 Å². The summed E-state index contributed by atoms with van der Waals surface area (Å²) in [5.74, 6) is 1.85. The molecule has 1 aliphatic carbocycles. The molecule has 1 N–H and O–H groups in total. The standard InChI is InChI=1S/C30H35N5O3/c1-33-12-8-23(9-13-33)38-26-19-21(18-24-28(26)31-29(36)30(24)10-5-11-30)25-20-27(34-14-16-37-17-15-34)32-35(25)22-6-3-2-4-7-22/h2-4,6-7,18-20,23H,5,8-17H2,1H3,(H,31,36). The first-order valence-electron chi connectivity index (χ1n) is 13.9. The SMILES string of the molecule is CN1CCC(Oc2cc(-c3cc(N4CCOCC4)nn3-c3ccccc3)cc3c2NC(=O)C32CCC2)CC1. The molecule has 3 aromatic rings. The highest BCUT2D eigenvalue weighted by molar-refractivity contribution is 6.09. The number of para-hydroxylation sites is 1. The molecule has 2 aromatic carbocycles. The Morgan fingerprint density at radius 1 is 1.03 bits per heavy atom. The van der Waals surface area contributed by atoms with Gasteiger partial charge in [0.15, 0.2) is 5.82 Å². The van der Waals surface area contributed by atoms with E-state index in [1.807, 2.05) is 22.9 Å². The number of aromatic nitrogens is 2. The Balaban J connectivity index is 1.35. The van der Waals surface area contributed by atoms with Crippen LogP contribution >= 0.6 is 0 Å². The number of amides is 1. The van der Waals surface area contributed by atoms with Gasteiger partial charge in [-0.05, 0) is 62.6 Å². The Kier molecular flexibility index (Phi) is 5.89. The number of carbonyl (C=O) groups is 1. The van der Waals surface area contributed by atoms with Crippen LogP contribution in [0.4, 0.5) is 11.5 Å². The Hall–Kier alpha value is -3.36. The van der Waals surface area contributed by atoms with Crippen LogP contribution in [0.3, 0.4) is 0 Å². The van der Waals surface area contributed by atoms with Crippen molar-refractivity contribution >= 4 is 17.4 Å². The number of ether oxygens (including phenoxy) is 2. The number of nitrogens with one attached hydrogen (secondary N) is 1. The maximum Gasteiger partial charge on any atom is 0.235 e. The number of hydrogen-bond donors (Lipinski definition) is 1. The monoisotopic (exact) mass is 513 g/mol. The highest BCUT2D eigenvalue weighted by atomic mass is 16.5. The van der Waals surface area contributed by atoms with Crippen molar-refractivity contribution in [2.75, 3.05) is 56.7 Å². The highest BCUT2D eigenvalue weighted by Gasteiger charge is 2.52. The average molecular weight is 514 g/mol. The number of hydrogen-bond acceptors (Lipinski definition) is 6. The largest absolute Gasteiger partial charge is 0.488 e. The summed E-state index contributed by atoms with van der Waals surface area (Å²) in [5, 5.41) is 8.29. The first-order chi connectivity index (χ1) is 18.6. The van der Waals surface area contributed by atoms with Crippen LogP contribution in [0.15, 0.2) is 48.5 Å². The minimum atomic E-state index is -0.430. The van der Waals surface area contributed by atoms with E-state index < -0.39 is 5.41 Å². The number of likely N-dealkylation sites (tertiary alicyclic amines) is 1. The van der Waals surface area contributed by atoms with Crippen molar-refractivity contribution in [2.45, 2.75) is 43.6 Å². The third-order valence-corrected chi connectivity index (χ3v) is 8.79. The van der Waals surface area contributed by atoms with E-state index in [9.17, 15) is 4.79 Å². The smallest absolute Gasteiger partial charge is 0.235 e. The molecular formula is C30H35N5O3. The molecule has 1 saturated carbocycles. The second kappa shape index (κ2) is 9.43. The number of rotatable bonds is 5. The predicted octanol–water partition coefficient (Wildman–Crippen LogP) is 4.22. The molecule has 0 unspecified atom stereocenters. The molecule has 8 heteroatoms. The summed E-state index contributed by atoms with van der Waals surface area (Å²) >= 11 is 0. The molecule has 0 atom stereocenters. The zero-order chi connectivity index (χ0) is 25.7. The first kappa shape index (κ1) is 23.7. The lowest BCUT2D eigenvalue weighted by atomic mass is 9.65. The molecule has 1 aromatic heterocycles. The summed E-state index contributed by atoms with van der Waals surface area (Å²) in [6, 6.07) is 16.8. The van der Waals surface area contributed by atoms with Gasteiger partial charge in [-0.25, -0.2) is 4.68 Å². The van der Waals surface area contributed by atoms with Gasteiger partial charge >= 0.3 is 0 Å². The number of fused-ring (bicyclic) bond motifs is 2. The number of piperidine rings is 1. The Labute approximate surface area is 223 Å². The summed E-state index contributed by atoms with van der Waals surface area (Å²) in [4.78, 5) is 17.9. The van der Waals surface area contributed by atoms with Crippen molar-refractivity contribution in [3.8, 4) is 22.7 Å². The van der Waals surface area contributed by atoms with Gasteiger partial charge in [0.25, 0.3) is 0 Å². The molecule has 0 radical (unpaired) electrons. The van der Waals surface area contributed by atoms with Gasteiger partial charge in [-0.3, -0.25) is 4.79 Å². The van der Waals surface area contributed by atoms with E-state index in [0.717, 1.165) is 98.0 Å². The quantitative estimate of drug-likeness (QED) is 0.551. The molecular weight excluding hydrogens is 478 g/mol. The van der Waals surface area contributed by atoms with Gasteiger partial charge in [-0.1, -0.05) is 24.6 Å². The first-order valence-corrected chi connectivity index (χ1v) is 13.9. The van der Waals surface area contributed by atoms with E-state index >= 15 is 0 Å². The van der Waals surface area contributed by atoms with Gasteiger partial charge in [-0.2, -0.15) is 0 Å². The Bertz CT molecular complexity index is 1340. The second-order valence-electron chi connectivity index (χ2n) is 11.1. The minimum absolute atomic E-state index is 0.120. The van der Waals surface area contributed by atoms with Crippen LogP contribution in [-0.4, -0.2) is 73.1 Å². The molecule has 8 nitrogen and oxygen atoms in total. The van der Waals surface area contributed by atoms with Crippen molar-refractivity contribution < 1.29 is 14.3 Å². The third-order valence-electron chi connectivity index (χ3n) is 8.79. The highest BCUT2D eigenvalue weighted by Crippen LogP contribution is 2.55. The maximum absolute atomic E-state index is 13.3. The fourth-order valence-electron chi connectivity index (χ4n) is 6.31. The minimum Gasteiger partial charge on any atom is -0.488 e. The molecule has 7 rings (SSSR count). The molecule has 3 fully saturated rings. The summed E-state index contributed by atoms with van der Waals surface area (Å²) in [7, 11) is 2.16. The van der Waals surface area contributed by atoms with E-state index in [4.69, 9.17) is 14.6 Å². The lowest BCUT2D eigenvalue weighted by Crippen LogP contribution is -2.40. The van der Waals surface area contributed by atoms with Crippen LogP contribution in [0.1, 0.15) is 37.7 Å². The van der Waals surface area contributed by atoms with Crippen LogP contribution in [0.5, 0.6) is 5.75 Å². The van der Waals surface area contributed by atoms with Gasteiger partial charge in [-0.15, -0.1) is 5.10 Å². The molecule has 198 valence electrons. The van der Waals surface area contributed by atoms with Crippen molar-refractivity contribution in [1.82, 2.24) is 14.7 Å². The summed E-state index contributed by atoms with van der Waals surface area (Å²) < 4.78 is 14.3. The van der Waals surface area contributed by atoms with Crippen molar-refractivity contribution in [2.24, 2.45) is 0 Å². The number of nitrogens with zero attached hydrogens (tertiary/aromatic N) is 4. The zero-order valence-corrected chi connectivity index (χ0v) is 22.0. The summed E-state index contributed by atoms with van der Waals surface area (Å²) in [5.41, 5.74) is 4.57. The van der Waals surface area contributed by atoms with E-state index in [0.29, 0.717) is 13.2 Å². The van der Waals surface area contributed by atoms with Crippen LogP contribution in [0.25, 0.3) is 16.9 Å². The van der Waals surface area contributed by atoms with Crippen LogP contribution in [0.2, 0.25) is 0 Å².